The fourth-order valence-corrected chi connectivity index (χ4v) is 5.87. The van der Waals surface area contributed by atoms with E-state index in [-0.39, 0.29) is 17.5 Å². The summed E-state index contributed by atoms with van der Waals surface area (Å²) in [6.45, 7) is 3.84. The van der Waals surface area contributed by atoms with Gasteiger partial charge < -0.3 is 5.32 Å². The number of amides is 1. The molecule has 2 atom stereocenters. The number of carbonyl (C=O) groups is 1. The van der Waals surface area contributed by atoms with Crippen LogP contribution in [0.4, 0.5) is 0 Å². The van der Waals surface area contributed by atoms with Gasteiger partial charge in [-0.15, -0.1) is 11.3 Å². The minimum atomic E-state index is -0.636. The van der Waals surface area contributed by atoms with Gasteiger partial charge >= 0.3 is 0 Å². The van der Waals surface area contributed by atoms with Crippen LogP contribution in [0.5, 0.6) is 0 Å². The zero-order chi connectivity index (χ0) is 21.5. The fourth-order valence-electron chi connectivity index (χ4n) is 4.73. The Bertz CT molecular complexity index is 1350. The molecule has 1 aliphatic rings. The molecule has 0 spiro atoms. The third kappa shape index (κ3) is 3.35. The van der Waals surface area contributed by atoms with Crippen molar-refractivity contribution in [2.24, 2.45) is 0 Å². The molecule has 5 nitrogen and oxygen atoms in total. The molecular formula is C25H25N3O2S. The van der Waals surface area contributed by atoms with E-state index in [1.807, 2.05) is 50.2 Å². The van der Waals surface area contributed by atoms with Crippen molar-refractivity contribution in [3.05, 3.63) is 75.7 Å². The number of rotatable bonds is 4. The molecule has 1 aliphatic carbocycles. The summed E-state index contributed by atoms with van der Waals surface area (Å²) in [5.74, 6) is -0.142. The van der Waals surface area contributed by atoms with Gasteiger partial charge in [0.1, 0.15) is 6.04 Å². The molecule has 6 heteroatoms. The number of benzene rings is 2. The van der Waals surface area contributed by atoms with Crippen LogP contribution in [0.1, 0.15) is 55.1 Å². The van der Waals surface area contributed by atoms with E-state index in [2.05, 4.69) is 22.5 Å². The number of nitrogens with one attached hydrogen (secondary N) is 1. The van der Waals surface area contributed by atoms with Crippen molar-refractivity contribution in [3.8, 4) is 0 Å². The molecule has 31 heavy (non-hydrogen) atoms. The van der Waals surface area contributed by atoms with Crippen molar-refractivity contribution >= 4 is 37.4 Å². The lowest BCUT2D eigenvalue weighted by atomic mass is 9.87. The summed E-state index contributed by atoms with van der Waals surface area (Å²) in [4.78, 5) is 26.8. The summed E-state index contributed by atoms with van der Waals surface area (Å²) < 4.78 is 3.37. The Balaban J connectivity index is 1.54. The number of aromatic nitrogens is 2. The minimum absolute atomic E-state index is 0.0194. The highest BCUT2D eigenvalue weighted by Gasteiger charge is 2.28. The molecule has 4 aromatic rings. The summed E-state index contributed by atoms with van der Waals surface area (Å²) in [5.41, 5.74) is 3.08. The second-order valence-electron chi connectivity index (χ2n) is 8.21. The third-order valence-corrected chi connectivity index (χ3v) is 7.55. The van der Waals surface area contributed by atoms with Gasteiger partial charge in [0.15, 0.2) is 0 Å². The predicted molar refractivity (Wildman–Crippen MR) is 126 cm³/mol. The first-order chi connectivity index (χ1) is 15.1. The maximum Gasteiger partial charge on any atom is 0.276 e. The number of aryl methyl sites for hydroxylation is 2. The Hall–Kier alpha value is -2.99. The molecular weight excluding hydrogens is 406 g/mol. The minimum Gasteiger partial charge on any atom is -0.347 e. The summed E-state index contributed by atoms with van der Waals surface area (Å²) >= 11 is 1.58. The normalized spacial score (nSPS) is 16.9. The first kappa shape index (κ1) is 19.9. The lowest BCUT2D eigenvalue weighted by Gasteiger charge is -2.28. The van der Waals surface area contributed by atoms with Crippen LogP contribution in [0.25, 0.3) is 20.2 Å². The van der Waals surface area contributed by atoms with Crippen molar-refractivity contribution in [1.29, 1.82) is 0 Å². The first-order valence-electron chi connectivity index (χ1n) is 10.9. The van der Waals surface area contributed by atoms with Crippen molar-refractivity contribution in [2.45, 2.75) is 51.6 Å². The van der Waals surface area contributed by atoms with Gasteiger partial charge in [0.25, 0.3) is 5.56 Å². The molecule has 2 heterocycles. The van der Waals surface area contributed by atoms with Gasteiger partial charge in [0.2, 0.25) is 5.91 Å². The van der Waals surface area contributed by atoms with Crippen molar-refractivity contribution < 1.29 is 4.79 Å². The van der Waals surface area contributed by atoms with Gasteiger partial charge in [0.05, 0.1) is 21.8 Å². The number of fused-ring (bicyclic) bond motifs is 4. The molecule has 0 saturated carbocycles. The molecule has 0 aliphatic heterocycles. The van der Waals surface area contributed by atoms with E-state index in [9.17, 15) is 9.59 Å². The largest absolute Gasteiger partial charge is 0.347 e. The monoisotopic (exact) mass is 431 g/mol. The van der Waals surface area contributed by atoms with E-state index in [0.29, 0.717) is 11.8 Å². The summed E-state index contributed by atoms with van der Waals surface area (Å²) in [5, 5.41) is 9.40. The quantitative estimate of drug-likeness (QED) is 0.491. The average Bonchev–Trinajstić information content (AvgIpc) is 3.18. The maximum absolute atomic E-state index is 13.5. The Labute approximate surface area is 184 Å². The average molecular weight is 432 g/mol. The third-order valence-electron chi connectivity index (χ3n) is 6.27. The molecule has 0 saturated heterocycles. The highest BCUT2D eigenvalue weighted by Crippen LogP contribution is 2.33. The van der Waals surface area contributed by atoms with Gasteiger partial charge in [0, 0.05) is 10.1 Å². The molecule has 0 unspecified atom stereocenters. The first-order valence-corrected chi connectivity index (χ1v) is 11.7. The molecule has 1 N–H and O–H groups in total. The van der Waals surface area contributed by atoms with Crippen molar-refractivity contribution in [3.63, 3.8) is 0 Å². The number of hydrogen-bond acceptors (Lipinski definition) is 4. The van der Waals surface area contributed by atoms with Gasteiger partial charge in [-0.05, 0) is 49.8 Å². The Morgan fingerprint density at radius 3 is 2.84 bits per heavy atom. The standard InChI is InChI=1S/C25H25N3O2S/c1-3-20(24(29)26-19-13-8-10-16-9-4-5-11-17(16)19)28-25(30)22-18-12-6-7-14-21(18)31-23(22)15(2)27-28/h4-7,9,11-12,14,19-20H,3,8,10,13H2,1-2H3,(H,26,29)/t19-,20-/m0/s1. The Morgan fingerprint density at radius 1 is 1.23 bits per heavy atom. The molecule has 0 radical (unpaired) electrons. The van der Waals surface area contributed by atoms with Gasteiger partial charge in [-0.2, -0.15) is 5.10 Å². The summed E-state index contributed by atoms with van der Waals surface area (Å²) in [7, 11) is 0. The maximum atomic E-state index is 13.5. The summed E-state index contributed by atoms with van der Waals surface area (Å²) in [6.07, 6.45) is 3.50. The van der Waals surface area contributed by atoms with Crippen LogP contribution in [0.3, 0.4) is 0 Å². The van der Waals surface area contributed by atoms with E-state index < -0.39 is 6.04 Å². The zero-order valence-electron chi connectivity index (χ0n) is 17.7. The highest BCUT2D eigenvalue weighted by atomic mass is 32.1. The van der Waals surface area contributed by atoms with E-state index in [4.69, 9.17) is 0 Å². The molecule has 0 fully saturated rings. The van der Waals surface area contributed by atoms with Crippen LogP contribution in [0.15, 0.2) is 53.3 Å². The zero-order valence-corrected chi connectivity index (χ0v) is 18.5. The fraction of sp³-hybridized carbons (Fsp3) is 0.320. The van der Waals surface area contributed by atoms with Crippen LogP contribution < -0.4 is 10.9 Å². The molecule has 158 valence electrons. The number of thiophene rings is 1. The molecule has 0 bridgehead atoms. The Kier molecular flexibility index (Phi) is 5.10. The summed E-state index contributed by atoms with van der Waals surface area (Å²) in [6, 6.07) is 15.6. The molecule has 1 amide bonds. The van der Waals surface area contributed by atoms with Gasteiger partial charge in [-0.25, -0.2) is 4.68 Å². The van der Waals surface area contributed by atoms with Crippen LogP contribution in [-0.2, 0) is 11.2 Å². The molecule has 2 aromatic carbocycles. The van der Waals surface area contributed by atoms with E-state index in [1.165, 1.54) is 15.8 Å². The van der Waals surface area contributed by atoms with Gasteiger partial charge in [-0.1, -0.05) is 49.4 Å². The van der Waals surface area contributed by atoms with Gasteiger partial charge in [-0.3, -0.25) is 9.59 Å². The lowest BCUT2D eigenvalue weighted by Crippen LogP contribution is -2.40. The van der Waals surface area contributed by atoms with Crippen LogP contribution in [-0.4, -0.2) is 15.7 Å². The van der Waals surface area contributed by atoms with E-state index >= 15 is 0 Å². The van der Waals surface area contributed by atoms with E-state index in [1.54, 1.807) is 11.3 Å². The molecule has 5 rings (SSSR count). The number of nitrogens with zero attached hydrogens (tertiary/aromatic N) is 2. The van der Waals surface area contributed by atoms with Crippen molar-refractivity contribution in [1.82, 2.24) is 15.1 Å². The molecule has 2 aromatic heterocycles. The second-order valence-corrected chi connectivity index (χ2v) is 9.27. The van der Waals surface area contributed by atoms with E-state index in [0.717, 1.165) is 39.7 Å². The second kappa shape index (κ2) is 7.93. The SMILES string of the molecule is CC[C@@H](C(=O)N[C@H]1CCCc2ccccc21)n1nc(C)c2sc3ccccc3c2c1=O. The smallest absolute Gasteiger partial charge is 0.276 e. The highest BCUT2D eigenvalue weighted by molar-refractivity contribution is 7.26. The number of hydrogen-bond donors (Lipinski definition) is 1. The predicted octanol–water partition coefficient (Wildman–Crippen LogP) is 5.06. The topological polar surface area (TPSA) is 64.0 Å². The van der Waals surface area contributed by atoms with Crippen LogP contribution in [0, 0.1) is 6.92 Å². The van der Waals surface area contributed by atoms with Crippen LogP contribution in [0.2, 0.25) is 0 Å². The van der Waals surface area contributed by atoms with Crippen molar-refractivity contribution in [2.75, 3.05) is 0 Å². The van der Waals surface area contributed by atoms with Crippen LogP contribution >= 0.6 is 11.3 Å². The number of carbonyl (C=O) groups excluding carboxylic acids is 1. The lowest BCUT2D eigenvalue weighted by molar-refractivity contribution is -0.125. The Morgan fingerprint density at radius 2 is 2.00 bits per heavy atom.